The molecular weight excluding hydrogens is 321 g/mol. The molecule has 2 aromatic rings. The highest BCUT2D eigenvalue weighted by Gasteiger charge is 2.39. The van der Waals surface area contributed by atoms with Crippen LogP contribution in [0.15, 0.2) is 36.5 Å². The van der Waals surface area contributed by atoms with E-state index in [1.54, 1.807) is 12.3 Å². The van der Waals surface area contributed by atoms with Gasteiger partial charge in [0.25, 0.3) is 0 Å². The van der Waals surface area contributed by atoms with E-state index in [1.165, 1.54) is 12.1 Å². The van der Waals surface area contributed by atoms with Crippen LogP contribution < -0.4 is 9.16 Å². The van der Waals surface area contributed by atoms with E-state index in [1.807, 2.05) is 19.1 Å². The first-order valence-corrected chi connectivity index (χ1v) is 11.0. The van der Waals surface area contributed by atoms with E-state index >= 15 is 0 Å². The lowest BCUT2D eigenvalue weighted by molar-refractivity contribution is 0.302. The van der Waals surface area contributed by atoms with Gasteiger partial charge < -0.3 is 9.16 Å². The smallest absolute Gasteiger partial charge is 0.250 e. The van der Waals surface area contributed by atoms with Gasteiger partial charge in [-0.3, -0.25) is 4.98 Å². The predicted octanol–water partition coefficient (Wildman–Crippen LogP) is 5.49. The Labute approximate surface area is 145 Å². The lowest BCUT2D eigenvalue weighted by Gasteiger charge is -2.36. The lowest BCUT2D eigenvalue weighted by atomic mass is 10.2. The van der Waals surface area contributed by atoms with Crippen LogP contribution in [-0.4, -0.2) is 13.3 Å². The molecule has 0 N–H and O–H groups in total. The number of hydrogen-bond donors (Lipinski definition) is 0. The number of ether oxygens (including phenoxy) is 1. The first-order chi connectivity index (χ1) is 11.1. The van der Waals surface area contributed by atoms with E-state index in [9.17, 15) is 4.39 Å². The van der Waals surface area contributed by atoms with Crippen molar-refractivity contribution in [1.82, 2.24) is 4.98 Å². The van der Waals surface area contributed by atoms with E-state index in [0.717, 1.165) is 11.3 Å². The monoisotopic (exact) mass is 347 g/mol. The minimum absolute atomic E-state index is 0.0495. The van der Waals surface area contributed by atoms with Crippen molar-refractivity contribution in [3.8, 4) is 11.5 Å². The normalized spacial score (nSPS) is 12.1. The van der Waals surface area contributed by atoms with E-state index in [2.05, 4.69) is 38.8 Å². The molecular formula is C19H26FNO2Si. The van der Waals surface area contributed by atoms with Gasteiger partial charge in [0.1, 0.15) is 23.9 Å². The Morgan fingerprint density at radius 1 is 1.08 bits per heavy atom. The van der Waals surface area contributed by atoms with Crippen LogP contribution in [0.5, 0.6) is 11.5 Å². The summed E-state index contributed by atoms with van der Waals surface area (Å²) < 4.78 is 25.8. The third kappa shape index (κ3) is 4.80. The SMILES string of the molecule is Cc1ccc(COc2cc(F)cc(O[Si](C)(C)C(C)(C)C)c2)cn1. The summed E-state index contributed by atoms with van der Waals surface area (Å²) in [5.41, 5.74) is 1.89. The van der Waals surface area contributed by atoms with E-state index in [-0.39, 0.29) is 10.9 Å². The van der Waals surface area contributed by atoms with E-state index < -0.39 is 8.32 Å². The predicted molar refractivity (Wildman–Crippen MR) is 97.5 cm³/mol. The van der Waals surface area contributed by atoms with Crippen molar-refractivity contribution in [2.45, 2.75) is 52.4 Å². The zero-order valence-corrected chi connectivity index (χ0v) is 16.3. The van der Waals surface area contributed by atoms with Gasteiger partial charge in [-0.1, -0.05) is 26.8 Å². The van der Waals surface area contributed by atoms with Crippen molar-refractivity contribution in [1.29, 1.82) is 0 Å². The summed E-state index contributed by atoms with van der Waals surface area (Å²) in [5.74, 6) is 0.631. The van der Waals surface area contributed by atoms with E-state index in [4.69, 9.17) is 9.16 Å². The first kappa shape index (κ1) is 18.5. The number of aryl methyl sites for hydroxylation is 1. The van der Waals surface area contributed by atoms with Gasteiger partial charge in [0, 0.05) is 35.7 Å². The molecule has 1 aromatic carbocycles. The topological polar surface area (TPSA) is 31.4 Å². The molecule has 3 nitrogen and oxygen atoms in total. The summed E-state index contributed by atoms with van der Waals surface area (Å²) >= 11 is 0. The maximum absolute atomic E-state index is 13.9. The molecule has 0 bridgehead atoms. The van der Waals surface area contributed by atoms with Gasteiger partial charge in [0.2, 0.25) is 8.32 Å². The molecule has 5 heteroatoms. The highest BCUT2D eigenvalue weighted by molar-refractivity contribution is 6.74. The highest BCUT2D eigenvalue weighted by atomic mass is 28.4. The zero-order chi connectivity index (χ0) is 18.0. The third-order valence-corrected chi connectivity index (χ3v) is 8.76. The van der Waals surface area contributed by atoms with Crippen LogP contribution in [0, 0.1) is 12.7 Å². The average molecular weight is 348 g/mol. The standard InChI is InChI=1S/C19H26FNO2Si/c1-14-7-8-15(12-21-14)13-22-17-9-16(20)10-18(11-17)23-24(5,6)19(2,3)4/h7-12H,13H2,1-6H3. The Balaban J connectivity index is 2.12. The average Bonchev–Trinajstić information content (AvgIpc) is 2.44. The van der Waals surface area contributed by atoms with Gasteiger partial charge in [0.15, 0.2) is 0 Å². The van der Waals surface area contributed by atoms with Crippen LogP contribution in [0.2, 0.25) is 18.1 Å². The second-order valence-corrected chi connectivity index (χ2v) is 12.3. The number of halogens is 1. The summed E-state index contributed by atoms with van der Waals surface area (Å²) in [7, 11) is -2.02. The molecule has 130 valence electrons. The Morgan fingerprint density at radius 2 is 1.75 bits per heavy atom. The molecule has 0 atom stereocenters. The van der Waals surface area contributed by atoms with Crippen molar-refractivity contribution in [2.24, 2.45) is 0 Å². The summed E-state index contributed by atoms with van der Waals surface area (Å²) in [5, 5.41) is 0.0495. The number of aromatic nitrogens is 1. The summed E-state index contributed by atoms with van der Waals surface area (Å²) in [6.07, 6.45) is 1.77. The number of nitrogens with zero attached hydrogens (tertiary/aromatic N) is 1. The number of hydrogen-bond acceptors (Lipinski definition) is 3. The van der Waals surface area contributed by atoms with Crippen LogP contribution in [0.3, 0.4) is 0 Å². The van der Waals surface area contributed by atoms with Crippen molar-refractivity contribution < 1.29 is 13.6 Å². The fourth-order valence-corrected chi connectivity index (χ4v) is 2.89. The molecule has 0 aliphatic rings. The molecule has 1 heterocycles. The Morgan fingerprint density at radius 3 is 2.33 bits per heavy atom. The zero-order valence-electron chi connectivity index (χ0n) is 15.3. The van der Waals surface area contributed by atoms with E-state index in [0.29, 0.717) is 18.1 Å². The van der Waals surface area contributed by atoms with Crippen LogP contribution in [0.1, 0.15) is 32.0 Å². The maximum atomic E-state index is 13.9. The van der Waals surface area contributed by atoms with Crippen molar-refractivity contribution in [3.05, 3.63) is 53.6 Å². The molecule has 0 amide bonds. The molecule has 24 heavy (non-hydrogen) atoms. The molecule has 0 unspecified atom stereocenters. The molecule has 2 rings (SSSR count). The maximum Gasteiger partial charge on any atom is 0.250 e. The molecule has 0 spiro atoms. The molecule has 0 aliphatic heterocycles. The Kier molecular flexibility index (Phi) is 5.33. The largest absolute Gasteiger partial charge is 0.543 e. The van der Waals surface area contributed by atoms with Crippen molar-refractivity contribution >= 4 is 8.32 Å². The number of benzene rings is 1. The van der Waals surface area contributed by atoms with Gasteiger partial charge in [0.05, 0.1) is 0 Å². The van der Waals surface area contributed by atoms with Crippen molar-refractivity contribution in [3.63, 3.8) is 0 Å². The second-order valence-electron chi connectivity index (χ2n) is 7.58. The molecule has 0 aliphatic carbocycles. The van der Waals surface area contributed by atoms with Gasteiger partial charge in [-0.05, 0) is 31.1 Å². The van der Waals surface area contributed by atoms with Gasteiger partial charge in [-0.15, -0.1) is 0 Å². The Bertz CT molecular complexity index is 694. The van der Waals surface area contributed by atoms with Crippen LogP contribution in [0.25, 0.3) is 0 Å². The van der Waals surface area contributed by atoms with Crippen LogP contribution >= 0.6 is 0 Å². The number of pyridine rings is 1. The molecule has 0 saturated carbocycles. The summed E-state index contributed by atoms with van der Waals surface area (Å²) in [4.78, 5) is 4.23. The first-order valence-electron chi connectivity index (χ1n) is 8.11. The summed E-state index contributed by atoms with van der Waals surface area (Å²) in [6.45, 7) is 13.0. The fraction of sp³-hybridized carbons (Fsp3) is 0.421. The second kappa shape index (κ2) is 6.93. The highest BCUT2D eigenvalue weighted by Crippen LogP contribution is 2.38. The third-order valence-electron chi connectivity index (χ3n) is 4.40. The molecule has 0 radical (unpaired) electrons. The lowest BCUT2D eigenvalue weighted by Crippen LogP contribution is -2.43. The number of rotatable bonds is 5. The van der Waals surface area contributed by atoms with Gasteiger partial charge in [-0.25, -0.2) is 4.39 Å². The molecule has 1 aromatic heterocycles. The van der Waals surface area contributed by atoms with Gasteiger partial charge in [-0.2, -0.15) is 0 Å². The summed E-state index contributed by atoms with van der Waals surface area (Å²) in [6, 6.07) is 8.43. The van der Waals surface area contributed by atoms with Gasteiger partial charge >= 0.3 is 0 Å². The fourth-order valence-electron chi connectivity index (χ4n) is 1.88. The molecule has 0 saturated heterocycles. The van der Waals surface area contributed by atoms with Crippen LogP contribution in [0.4, 0.5) is 4.39 Å². The van der Waals surface area contributed by atoms with Crippen LogP contribution in [-0.2, 0) is 6.61 Å². The quantitative estimate of drug-likeness (QED) is 0.670. The Hall–Kier alpha value is -1.88. The molecule has 0 fully saturated rings. The minimum atomic E-state index is -2.02. The van der Waals surface area contributed by atoms with Crippen molar-refractivity contribution in [2.75, 3.05) is 0 Å². The minimum Gasteiger partial charge on any atom is -0.543 e.